The molecule has 0 saturated carbocycles. The van der Waals surface area contributed by atoms with Crippen LogP contribution in [0.2, 0.25) is 0 Å². The van der Waals surface area contributed by atoms with Gasteiger partial charge >= 0.3 is 0 Å². The number of carbonyl (C=O) groups is 1. The van der Waals surface area contributed by atoms with Gasteiger partial charge in [-0.2, -0.15) is 0 Å². The Morgan fingerprint density at radius 3 is 2.33 bits per heavy atom. The van der Waals surface area contributed by atoms with Crippen molar-refractivity contribution in [2.75, 3.05) is 6.54 Å². The molecule has 1 amide bonds. The first-order chi connectivity index (χ1) is 13.2. The summed E-state index contributed by atoms with van der Waals surface area (Å²) < 4.78 is 0. The molecule has 1 heterocycles. The van der Waals surface area contributed by atoms with Crippen molar-refractivity contribution in [3.05, 3.63) is 93.7 Å². The Kier molecular flexibility index (Phi) is 6.80. The molecule has 4 heteroatoms. The van der Waals surface area contributed by atoms with Gasteiger partial charge in [-0.1, -0.05) is 67.6 Å². The van der Waals surface area contributed by atoms with Crippen molar-refractivity contribution in [3.63, 3.8) is 0 Å². The lowest BCUT2D eigenvalue weighted by atomic mass is 10.0. The van der Waals surface area contributed by atoms with Crippen molar-refractivity contribution in [2.24, 2.45) is 0 Å². The average molecular weight is 379 g/mol. The van der Waals surface area contributed by atoms with Crippen LogP contribution in [0.4, 0.5) is 0 Å². The Bertz CT molecular complexity index is 829. The first-order valence-corrected chi connectivity index (χ1v) is 10.2. The lowest BCUT2D eigenvalue weighted by molar-refractivity contribution is -0.121. The zero-order valence-electron chi connectivity index (χ0n) is 15.8. The van der Waals surface area contributed by atoms with E-state index < -0.39 is 0 Å². The second-order valence-electron chi connectivity index (χ2n) is 6.62. The highest BCUT2D eigenvalue weighted by atomic mass is 32.1. The van der Waals surface area contributed by atoms with Crippen LogP contribution in [0.5, 0.6) is 0 Å². The smallest absolute Gasteiger partial charge is 0.234 e. The number of hydrogen-bond donors (Lipinski definition) is 2. The molecule has 0 aliphatic rings. The molecule has 0 bridgehead atoms. The molecule has 0 aliphatic heterocycles. The highest BCUT2D eigenvalue weighted by molar-refractivity contribution is 7.10. The molecular weight excluding hydrogens is 352 g/mol. The van der Waals surface area contributed by atoms with Crippen LogP contribution in [-0.4, -0.2) is 12.5 Å². The molecule has 0 radical (unpaired) electrons. The normalized spacial score (nSPS) is 13.1. The van der Waals surface area contributed by atoms with Crippen molar-refractivity contribution in [3.8, 4) is 0 Å². The van der Waals surface area contributed by atoms with Gasteiger partial charge in [0.05, 0.1) is 18.6 Å². The van der Waals surface area contributed by atoms with Gasteiger partial charge in [-0.3, -0.25) is 10.1 Å². The molecule has 3 rings (SSSR count). The van der Waals surface area contributed by atoms with Crippen LogP contribution in [0.25, 0.3) is 0 Å². The van der Waals surface area contributed by atoms with Gasteiger partial charge in [-0.05, 0) is 41.5 Å². The Hall–Kier alpha value is -2.43. The molecule has 3 nitrogen and oxygen atoms in total. The van der Waals surface area contributed by atoms with Crippen molar-refractivity contribution in [2.45, 2.75) is 32.4 Å². The first kappa shape index (κ1) is 19.3. The van der Waals surface area contributed by atoms with Gasteiger partial charge in [0.25, 0.3) is 0 Å². The number of benzene rings is 2. The van der Waals surface area contributed by atoms with Gasteiger partial charge in [-0.25, -0.2) is 0 Å². The van der Waals surface area contributed by atoms with Crippen molar-refractivity contribution < 1.29 is 4.79 Å². The summed E-state index contributed by atoms with van der Waals surface area (Å²) >= 11 is 1.70. The van der Waals surface area contributed by atoms with Crippen LogP contribution in [0.1, 0.15) is 47.5 Å². The fourth-order valence-electron chi connectivity index (χ4n) is 3.10. The minimum atomic E-state index is -0.0119. The molecule has 3 aromatic rings. The van der Waals surface area contributed by atoms with Crippen LogP contribution in [-0.2, 0) is 11.2 Å². The zero-order valence-corrected chi connectivity index (χ0v) is 16.6. The van der Waals surface area contributed by atoms with Crippen LogP contribution in [0.3, 0.4) is 0 Å². The van der Waals surface area contributed by atoms with Gasteiger partial charge in [0.2, 0.25) is 5.91 Å². The van der Waals surface area contributed by atoms with Crippen molar-refractivity contribution >= 4 is 17.2 Å². The molecule has 0 unspecified atom stereocenters. The van der Waals surface area contributed by atoms with E-state index in [2.05, 4.69) is 65.4 Å². The third kappa shape index (κ3) is 5.28. The molecule has 0 aliphatic carbocycles. The Balaban J connectivity index is 1.60. The monoisotopic (exact) mass is 378 g/mol. The third-order valence-electron chi connectivity index (χ3n) is 4.69. The van der Waals surface area contributed by atoms with Crippen molar-refractivity contribution in [1.82, 2.24) is 10.6 Å². The summed E-state index contributed by atoms with van der Waals surface area (Å²) in [6, 6.07) is 22.8. The molecule has 140 valence electrons. The largest absolute Gasteiger partial charge is 0.348 e. The van der Waals surface area contributed by atoms with Crippen LogP contribution in [0.15, 0.2) is 72.1 Å². The molecule has 2 atom stereocenters. The van der Waals surface area contributed by atoms with E-state index in [-0.39, 0.29) is 24.5 Å². The van der Waals surface area contributed by atoms with Gasteiger partial charge < -0.3 is 5.32 Å². The number of thiophene rings is 1. The Morgan fingerprint density at radius 1 is 0.963 bits per heavy atom. The van der Waals surface area contributed by atoms with E-state index in [0.717, 1.165) is 17.5 Å². The molecule has 1 aromatic heterocycles. The fraction of sp³-hybridized carbons (Fsp3) is 0.261. The van der Waals surface area contributed by atoms with E-state index in [1.807, 2.05) is 31.2 Å². The fourth-order valence-corrected chi connectivity index (χ4v) is 3.92. The number of amides is 1. The predicted octanol–water partition coefficient (Wildman–Crippen LogP) is 4.87. The highest BCUT2D eigenvalue weighted by Crippen LogP contribution is 2.25. The summed E-state index contributed by atoms with van der Waals surface area (Å²) in [7, 11) is 0. The van der Waals surface area contributed by atoms with E-state index in [4.69, 9.17) is 0 Å². The number of carbonyl (C=O) groups excluding carboxylic acids is 1. The first-order valence-electron chi connectivity index (χ1n) is 9.37. The van der Waals surface area contributed by atoms with Gasteiger partial charge in [0.15, 0.2) is 0 Å². The quantitative estimate of drug-likeness (QED) is 0.587. The number of aryl methyl sites for hydroxylation is 1. The SMILES string of the molecule is CCc1ccc([C@H](C)NC(=O)CN[C@@H](c2ccccc2)c2cccs2)cc1. The molecule has 27 heavy (non-hydrogen) atoms. The maximum atomic E-state index is 12.5. The molecule has 2 aromatic carbocycles. The van der Waals surface area contributed by atoms with Crippen LogP contribution >= 0.6 is 11.3 Å². The summed E-state index contributed by atoms with van der Waals surface area (Å²) in [6.07, 6.45) is 1.02. The standard InChI is InChI=1S/C23H26N2OS/c1-3-18-11-13-19(14-12-18)17(2)25-22(26)16-24-23(21-10-7-15-27-21)20-8-5-4-6-9-20/h4-15,17,23-24H,3,16H2,1-2H3,(H,25,26)/t17-,23-/m0/s1. The van der Waals surface area contributed by atoms with E-state index in [1.54, 1.807) is 11.3 Å². The second kappa shape index (κ2) is 9.49. The van der Waals surface area contributed by atoms with Gasteiger partial charge in [0, 0.05) is 4.88 Å². The molecule has 2 N–H and O–H groups in total. The van der Waals surface area contributed by atoms with E-state index in [9.17, 15) is 4.79 Å². The van der Waals surface area contributed by atoms with Gasteiger partial charge in [-0.15, -0.1) is 11.3 Å². The average Bonchev–Trinajstić information content (AvgIpc) is 3.23. The number of hydrogen-bond acceptors (Lipinski definition) is 3. The zero-order chi connectivity index (χ0) is 19.1. The lowest BCUT2D eigenvalue weighted by Gasteiger charge is -2.19. The van der Waals surface area contributed by atoms with Crippen molar-refractivity contribution in [1.29, 1.82) is 0 Å². The van der Waals surface area contributed by atoms with E-state index in [0.29, 0.717) is 0 Å². The number of nitrogens with one attached hydrogen (secondary N) is 2. The maximum Gasteiger partial charge on any atom is 0.234 e. The maximum absolute atomic E-state index is 12.5. The molecule has 0 spiro atoms. The molecule has 0 saturated heterocycles. The van der Waals surface area contributed by atoms with Crippen LogP contribution in [0, 0.1) is 0 Å². The minimum absolute atomic E-state index is 0.000412. The number of rotatable bonds is 8. The summed E-state index contributed by atoms with van der Waals surface area (Å²) in [5.41, 5.74) is 3.59. The molecule has 0 fully saturated rings. The van der Waals surface area contributed by atoms with Gasteiger partial charge in [0.1, 0.15) is 0 Å². The second-order valence-corrected chi connectivity index (χ2v) is 7.60. The summed E-state index contributed by atoms with van der Waals surface area (Å²) in [5, 5.41) is 8.56. The van der Waals surface area contributed by atoms with E-state index >= 15 is 0 Å². The predicted molar refractivity (Wildman–Crippen MR) is 113 cm³/mol. The highest BCUT2D eigenvalue weighted by Gasteiger charge is 2.17. The third-order valence-corrected chi connectivity index (χ3v) is 5.63. The summed E-state index contributed by atoms with van der Waals surface area (Å²) in [5.74, 6) is -0.000412. The van der Waals surface area contributed by atoms with Crippen LogP contribution < -0.4 is 10.6 Å². The summed E-state index contributed by atoms with van der Waals surface area (Å²) in [4.78, 5) is 13.7. The minimum Gasteiger partial charge on any atom is -0.348 e. The summed E-state index contributed by atoms with van der Waals surface area (Å²) in [6.45, 7) is 4.43. The topological polar surface area (TPSA) is 41.1 Å². The molecular formula is C23H26N2OS. The Morgan fingerprint density at radius 2 is 1.70 bits per heavy atom. The van der Waals surface area contributed by atoms with E-state index in [1.165, 1.54) is 10.4 Å². The Labute approximate surface area is 165 Å². The lowest BCUT2D eigenvalue weighted by Crippen LogP contribution is -2.37.